The molecule has 0 spiro atoms. The summed E-state index contributed by atoms with van der Waals surface area (Å²) >= 11 is 5.89. The second-order valence-electron chi connectivity index (χ2n) is 3.44. The first kappa shape index (κ1) is 10.2. The van der Waals surface area contributed by atoms with Crippen molar-refractivity contribution in [3.63, 3.8) is 0 Å². The van der Waals surface area contributed by atoms with Crippen molar-refractivity contribution in [3.8, 4) is 5.75 Å². The molecule has 1 atom stereocenters. The molecular formula is C11H10ClNO2. The SMILES string of the molecule is COc1cc(Cl)cc2c1N=CC(C)C2=O. The zero-order valence-electron chi connectivity index (χ0n) is 8.45. The van der Waals surface area contributed by atoms with Crippen LogP contribution in [0, 0.1) is 5.92 Å². The van der Waals surface area contributed by atoms with Crippen LogP contribution in [0.1, 0.15) is 17.3 Å². The lowest BCUT2D eigenvalue weighted by Crippen LogP contribution is -2.16. The Bertz CT molecular complexity index is 454. The topological polar surface area (TPSA) is 38.7 Å². The van der Waals surface area contributed by atoms with Gasteiger partial charge in [-0.15, -0.1) is 0 Å². The van der Waals surface area contributed by atoms with Gasteiger partial charge in [-0.1, -0.05) is 18.5 Å². The Labute approximate surface area is 92.7 Å². The maximum absolute atomic E-state index is 11.8. The normalized spacial score (nSPS) is 18.9. The number of fused-ring (bicyclic) bond motifs is 1. The molecule has 0 saturated heterocycles. The molecule has 0 saturated carbocycles. The number of methoxy groups -OCH3 is 1. The van der Waals surface area contributed by atoms with Crippen molar-refractivity contribution in [1.29, 1.82) is 0 Å². The first-order valence-electron chi connectivity index (χ1n) is 4.59. The summed E-state index contributed by atoms with van der Waals surface area (Å²) in [5.41, 5.74) is 1.11. The molecular weight excluding hydrogens is 214 g/mol. The van der Waals surface area contributed by atoms with Gasteiger partial charge < -0.3 is 4.74 Å². The van der Waals surface area contributed by atoms with E-state index in [1.165, 1.54) is 7.11 Å². The molecule has 0 aliphatic carbocycles. The Morgan fingerprint density at radius 2 is 2.20 bits per heavy atom. The molecule has 4 heteroatoms. The predicted octanol–water partition coefficient (Wildman–Crippen LogP) is 2.88. The lowest BCUT2D eigenvalue weighted by molar-refractivity contribution is 0.0962. The maximum atomic E-state index is 11.8. The molecule has 0 N–H and O–H groups in total. The highest BCUT2D eigenvalue weighted by Gasteiger charge is 2.24. The van der Waals surface area contributed by atoms with E-state index in [1.54, 1.807) is 18.3 Å². The van der Waals surface area contributed by atoms with Gasteiger partial charge in [0.1, 0.15) is 11.4 Å². The minimum absolute atomic E-state index is 0.0285. The first-order chi connectivity index (χ1) is 7.13. The summed E-state index contributed by atoms with van der Waals surface area (Å²) in [5, 5.41) is 0.489. The van der Waals surface area contributed by atoms with E-state index in [0.29, 0.717) is 22.0 Å². The van der Waals surface area contributed by atoms with Crippen LogP contribution >= 0.6 is 11.6 Å². The van der Waals surface area contributed by atoms with E-state index in [-0.39, 0.29) is 11.7 Å². The first-order valence-corrected chi connectivity index (χ1v) is 4.97. The van der Waals surface area contributed by atoms with Gasteiger partial charge in [0.15, 0.2) is 5.78 Å². The van der Waals surface area contributed by atoms with E-state index >= 15 is 0 Å². The van der Waals surface area contributed by atoms with Crippen LogP contribution in [0.25, 0.3) is 0 Å². The van der Waals surface area contributed by atoms with Crippen molar-refractivity contribution in [1.82, 2.24) is 0 Å². The van der Waals surface area contributed by atoms with Gasteiger partial charge in [-0.05, 0) is 6.07 Å². The van der Waals surface area contributed by atoms with E-state index in [4.69, 9.17) is 16.3 Å². The summed E-state index contributed by atoms with van der Waals surface area (Å²) in [5.74, 6) is 0.371. The van der Waals surface area contributed by atoms with Gasteiger partial charge in [-0.3, -0.25) is 9.79 Å². The van der Waals surface area contributed by atoms with Gasteiger partial charge >= 0.3 is 0 Å². The summed E-state index contributed by atoms with van der Waals surface area (Å²) in [4.78, 5) is 16.0. The molecule has 1 aliphatic rings. The molecule has 0 bridgehead atoms. The fourth-order valence-electron chi connectivity index (χ4n) is 1.55. The zero-order valence-corrected chi connectivity index (χ0v) is 9.21. The number of Topliss-reactive ketones (excluding diaryl/α,β-unsaturated/α-hetero) is 1. The van der Waals surface area contributed by atoms with Gasteiger partial charge in [0, 0.05) is 22.9 Å². The number of rotatable bonds is 1. The van der Waals surface area contributed by atoms with Crippen LogP contribution in [0.3, 0.4) is 0 Å². The smallest absolute Gasteiger partial charge is 0.173 e. The van der Waals surface area contributed by atoms with Crippen LogP contribution in [-0.4, -0.2) is 19.1 Å². The fraction of sp³-hybridized carbons (Fsp3) is 0.273. The van der Waals surface area contributed by atoms with Gasteiger partial charge in [0.2, 0.25) is 0 Å². The largest absolute Gasteiger partial charge is 0.494 e. The quantitative estimate of drug-likeness (QED) is 0.734. The second kappa shape index (κ2) is 3.66. The number of hydrogen-bond donors (Lipinski definition) is 0. The number of benzene rings is 1. The Balaban J connectivity index is 2.66. The molecule has 0 radical (unpaired) electrons. The van der Waals surface area contributed by atoms with Crippen molar-refractivity contribution in [2.45, 2.75) is 6.92 Å². The molecule has 2 rings (SSSR count). The standard InChI is InChI=1S/C11H10ClNO2/c1-6-5-13-10-8(11(6)14)3-7(12)4-9(10)15-2/h3-6H,1-2H3. The zero-order chi connectivity index (χ0) is 11.0. The molecule has 1 unspecified atom stereocenters. The van der Waals surface area contributed by atoms with Crippen molar-refractivity contribution >= 4 is 29.3 Å². The minimum atomic E-state index is -0.194. The average Bonchev–Trinajstić information content (AvgIpc) is 2.23. The monoisotopic (exact) mass is 223 g/mol. The molecule has 3 nitrogen and oxygen atoms in total. The number of nitrogens with zero attached hydrogens (tertiary/aromatic N) is 1. The van der Waals surface area contributed by atoms with Crippen LogP contribution in [0.15, 0.2) is 17.1 Å². The number of halogens is 1. The number of aliphatic imine (C=N–C) groups is 1. The van der Waals surface area contributed by atoms with E-state index in [0.717, 1.165) is 0 Å². The molecule has 78 valence electrons. The van der Waals surface area contributed by atoms with Crippen molar-refractivity contribution in [2.24, 2.45) is 10.9 Å². The molecule has 0 amide bonds. The molecule has 1 aromatic carbocycles. The second-order valence-corrected chi connectivity index (χ2v) is 3.87. The Kier molecular flexibility index (Phi) is 2.49. The fourth-order valence-corrected chi connectivity index (χ4v) is 1.76. The molecule has 1 heterocycles. The molecule has 15 heavy (non-hydrogen) atoms. The van der Waals surface area contributed by atoms with Gasteiger partial charge in [-0.25, -0.2) is 0 Å². The van der Waals surface area contributed by atoms with Gasteiger partial charge in [0.05, 0.1) is 13.0 Å². The van der Waals surface area contributed by atoms with Gasteiger partial charge in [-0.2, -0.15) is 0 Å². The molecule has 0 aromatic heterocycles. The average molecular weight is 224 g/mol. The van der Waals surface area contributed by atoms with E-state index in [2.05, 4.69) is 4.99 Å². The van der Waals surface area contributed by atoms with E-state index in [9.17, 15) is 4.79 Å². The third kappa shape index (κ3) is 1.63. The Hall–Kier alpha value is -1.35. The van der Waals surface area contributed by atoms with Gasteiger partial charge in [0.25, 0.3) is 0 Å². The maximum Gasteiger partial charge on any atom is 0.173 e. The van der Waals surface area contributed by atoms with Crippen LogP contribution < -0.4 is 4.74 Å². The van der Waals surface area contributed by atoms with E-state index in [1.807, 2.05) is 6.92 Å². The lowest BCUT2D eigenvalue weighted by atomic mass is 9.96. The van der Waals surface area contributed by atoms with Crippen LogP contribution in [0.4, 0.5) is 5.69 Å². The molecule has 0 fully saturated rings. The summed E-state index contributed by atoms with van der Waals surface area (Å²) in [6, 6.07) is 3.29. The van der Waals surface area contributed by atoms with Crippen LogP contribution in [0.5, 0.6) is 5.75 Å². The third-order valence-electron chi connectivity index (χ3n) is 2.37. The third-order valence-corrected chi connectivity index (χ3v) is 2.58. The number of carbonyl (C=O) groups excluding carboxylic acids is 1. The van der Waals surface area contributed by atoms with Crippen LogP contribution in [0.2, 0.25) is 5.02 Å². The van der Waals surface area contributed by atoms with Crippen molar-refractivity contribution in [3.05, 3.63) is 22.7 Å². The van der Waals surface area contributed by atoms with Crippen molar-refractivity contribution < 1.29 is 9.53 Å². The Morgan fingerprint density at radius 3 is 2.87 bits per heavy atom. The van der Waals surface area contributed by atoms with Crippen LogP contribution in [-0.2, 0) is 0 Å². The highest BCUT2D eigenvalue weighted by atomic mass is 35.5. The number of carbonyl (C=O) groups is 1. The Morgan fingerprint density at radius 1 is 1.47 bits per heavy atom. The molecule has 1 aliphatic heterocycles. The minimum Gasteiger partial charge on any atom is -0.494 e. The summed E-state index contributed by atoms with van der Waals surface area (Å²) in [7, 11) is 1.53. The van der Waals surface area contributed by atoms with Crippen molar-refractivity contribution in [2.75, 3.05) is 7.11 Å². The lowest BCUT2D eigenvalue weighted by Gasteiger charge is -2.16. The predicted molar refractivity (Wildman–Crippen MR) is 59.7 cm³/mol. The summed E-state index contributed by atoms with van der Waals surface area (Å²) in [6.07, 6.45) is 1.63. The summed E-state index contributed by atoms with van der Waals surface area (Å²) < 4.78 is 5.13. The number of ether oxygens (including phenoxy) is 1. The molecule has 1 aromatic rings. The van der Waals surface area contributed by atoms with E-state index < -0.39 is 0 Å². The number of ketones is 1. The summed E-state index contributed by atoms with van der Waals surface area (Å²) in [6.45, 7) is 1.81. The highest BCUT2D eigenvalue weighted by molar-refractivity contribution is 6.31. The highest BCUT2D eigenvalue weighted by Crippen LogP contribution is 2.37. The number of hydrogen-bond acceptors (Lipinski definition) is 3.